The fourth-order valence-electron chi connectivity index (χ4n) is 5.26. The van der Waals surface area contributed by atoms with Gasteiger partial charge in [-0.1, -0.05) is 6.07 Å². The molecule has 2 aliphatic heterocycles. The third-order valence-corrected chi connectivity index (χ3v) is 6.87. The molecule has 0 saturated carbocycles. The third kappa shape index (κ3) is 3.35. The summed E-state index contributed by atoms with van der Waals surface area (Å²) < 4.78 is 19.1. The van der Waals surface area contributed by atoms with Gasteiger partial charge in [0.2, 0.25) is 5.91 Å². The topological polar surface area (TPSA) is 82.0 Å². The summed E-state index contributed by atoms with van der Waals surface area (Å²) >= 11 is 0. The number of rotatable bonds is 5. The van der Waals surface area contributed by atoms with E-state index in [1.807, 2.05) is 18.2 Å². The summed E-state index contributed by atoms with van der Waals surface area (Å²) in [5.41, 5.74) is 4.95. The summed E-state index contributed by atoms with van der Waals surface area (Å²) in [7, 11) is 4.74. The maximum Gasteiger partial charge on any atom is 0.259 e. The van der Waals surface area contributed by atoms with Crippen molar-refractivity contribution >= 4 is 28.4 Å². The Morgan fingerprint density at radius 1 is 1.03 bits per heavy atom. The minimum Gasteiger partial charge on any atom is -0.496 e. The molecule has 8 nitrogen and oxygen atoms in total. The summed E-state index contributed by atoms with van der Waals surface area (Å²) in [5, 5.41) is 4.54. The van der Waals surface area contributed by atoms with E-state index in [0.717, 1.165) is 27.7 Å². The van der Waals surface area contributed by atoms with Gasteiger partial charge in [-0.05, 0) is 37.6 Å². The maximum atomic E-state index is 13.7. The molecule has 2 amide bonds. The molecule has 0 aliphatic carbocycles. The van der Waals surface area contributed by atoms with E-state index in [1.165, 1.54) is 11.8 Å². The first-order chi connectivity index (χ1) is 16.8. The lowest BCUT2D eigenvalue weighted by Crippen LogP contribution is -2.33. The average molecular weight is 476 g/mol. The predicted octanol–water partition coefficient (Wildman–Crippen LogP) is 4.45. The molecular weight excluding hydrogens is 446 g/mol. The number of amides is 2. The van der Waals surface area contributed by atoms with Crippen LogP contribution in [0.1, 0.15) is 43.9 Å². The largest absolute Gasteiger partial charge is 0.496 e. The standard InChI is InChI=1S/C27H29N3O5/c1-14(2)29-12-17-24(16-10-22(34-5)23(35-6)11-21(16)33-4)26-19(13-30(15(3)31)27(26)32)28-18-8-7-9-20(29)25(17)18/h7-12,14,24,28H,13H2,1-6H3. The van der Waals surface area contributed by atoms with E-state index < -0.39 is 5.92 Å². The van der Waals surface area contributed by atoms with E-state index in [2.05, 4.69) is 36.0 Å². The molecule has 0 spiro atoms. The Hall–Kier alpha value is -3.94. The van der Waals surface area contributed by atoms with Gasteiger partial charge in [-0.25, -0.2) is 0 Å². The van der Waals surface area contributed by atoms with Crippen LogP contribution in [0.2, 0.25) is 0 Å². The van der Waals surface area contributed by atoms with Crippen LogP contribution in [0.3, 0.4) is 0 Å². The molecule has 5 rings (SSSR count). The second-order valence-corrected chi connectivity index (χ2v) is 9.09. The van der Waals surface area contributed by atoms with Gasteiger partial charge in [0, 0.05) is 53.5 Å². The quantitative estimate of drug-likeness (QED) is 0.587. The van der Waals surface area contributed by atoms with Gasteiger partial charge in [0.15, 0.2) is 11.5 Å². The Kier molecular flexibility index (Phi) is 5.46. The van der Waals surface area contributed by atoms with Gasteiger partial charge in [-0.2, -0.15) is 0 Å². The molecule has 35 heavy (non-hydrogen) atoms. The monoisotopic (exact) mass is 475 g/mol. The van der Waals surface area contributed by atoms with Crippen molar-refractivity contribution < 1.29 is 23.8 Å². The van der Waals surface area contributed by atoms with Crippen molar-refractivity contribution in [3.8, 4) is 17.2 Å². The summed E-state index contributed by atoms with van der Waals surface area (Å²) in [5.74, 6) is 0.543. The van der Waals surface area contributed by atoms with E-state index in [9.17, 15) is 9.59 Å². The number of benzene rings is 2. The first-order valence-electron chi connectivity index (χ1n) is 11.6. The van der Waals surface area contributed by atoms with Gasteiger partial charge >= 0.3 is 0 Å². The molecule has 182 valence electrons. The number of carbonyl (C=O) groups excluding carboxylic acids is 2. The fourth-order valence-corrected chi connectivity index (χ4v) is 5.26. The molecule has 0 radical (unpaired) electrons. The van der Waals surface area contributed by atoms with Crippen LogP contribution in [0.5, 0.6) is 17.2 Å². The smallest absolute Gasteiger partial charge is 0.259 e. The number of aromatic nitrogens is 1. The second kappa shape index (κ2) is 8.37. The van der Waals surface area contributed by atoms with Crippen LogP contribution >= 0.6 is 0 Å². The Bertz CT molecular complexity index is 1400. The van der Waals surface area contributed by atoms with Crippen LogP contribution in [-0.4, -0.2) is 49.2 Å². The zero-order valence-electron chi connectivity index (χ0n) is 20.8. The normalized spacial score (nSPS) is 16.9. The highest BCUT2D eigenvalue weighted by atomic mass is 16.5. The van der Waals surface area contributed by atoms with Crippen LogP contribution in [-0.2, 0) is 9.59 Å². The number of imide groups is 1. The molecule has 0 fully saturated rings. The second-order valence-electron chi connectivity index (χ2n) is 9.09. The number of nitrogens with zero attached hydrogens (tertiary/aromatic N) is 2. The van der Waals surface area contributed by atoms with Crippen LogP contribution in [0.15, 0.2) is 47.8 Å². The summed E-state index contributed by atoms with van der Waals surface area (Å²) in [6, 6.07) is 9.95. The molecule has 0 saturated heterocycles. The Labute approximate surface area is 204 Å². The molecule has 2 aromatic carbocycles. The lowest BCUT2D eigenvalue weighted by Gasteiger charge is -2.23. The summed E-state index contributed by atoms with van der Waals surface area (Å²) in [6.07, 6.45) is 2.11. The van der Waals surface area contributed by atoms with Gasteiger partial charge in [0.25, 0.3) is 5.91 Å². The first kappa shape index (κ1) is 22.8. The minimum atomic E-state index is -0.491. The molecule has 1 aromatic heterocycles. The molecule has 1 N–H and O–H groups in total. The first-order valence-corrected chi connectivity index (χ1v) is 11.6. The van der Waals surface area contributed by atoms with Gasteiger partial charge in [-0.3, -0.25) is 14.5 Å². The molecule has 0 bridgehead atoms. The predicted molar refractivity (Wildman–Crippen MR) is 133 cm³/mol. The zero-order valence-corrected chi connectivity index (χ0v) is 20.8. The van der Waals surface area contributed by atoms with Crippen molar-refractivity contribution in [2.75, 3.05) is 33.2 Å². The molecule has 3 heterocycles. The van der Waals surface area contributed by atoms with Gasteiger partial charge in [0.1, 0.15) is 5.75 Å². The van der Waals surface area contributed by atoms with Crippen molar-refractivity contribution in [3.05, 3.63) is 58.9 Å². The van der Waals surface area contributed by atoms with Crippen LogP contribution < -0.4 is 19.5 Å². The highest BCUT2D eigenvalue weighted by molar-refractivity contribution is 6.11. The molecular formula is C27H29N3O5. The molecule has 2 aliphatic rings. The number of hydrogen-bond acceptors (Lipinski definition) is 6. The Balaban J connectivity index is 1.87. The number of ether oxygens (including phenoxy) is 3. The highest BCUT2D eigenvalue weighted by Crippen LogP contribution is 2.50. The number of anilines is 1. The lowest BCUT2D eigenvalue weighted by atomic mass is 9.83. The van der Waals surface area contributed by atoms with Gasteiger partial charge < -0.3 is 24.1 Å². The van der Waals surface area contributed by atoms with E-state index in [-0.39, 0.29) is 24.4 Å². The van der Waals surface area contributed by atoms with E-state index in [0.29, 0.717) is 28.5 Å². The summed E-state index contributed by atoms with van der Waals surface area (Å²) in [4.78, 5) is 27.3. The van der Waals surface area contributed by atoms with Crippen molar-refractivity contribution in [2.24, 2.45) is 0 Å². The zero-order chi connectivity index (χ0) is 25.0. The Morgan fingerprint density at radius 2 is 1.71 bits per heavy atom. The molecule has 1 atom stereocenters. The highest BCUT2D eigenvalue weighted by Gasteiger charge is 2.43. The molecule has 3 aromatic rings. The van der Waals surface area contributed by atoms with E-state index in [1.54, 1.807) is 27.4 Å². The number of methoxy groups -OCH3 is 3. The number of hydrogen-bond donors (Lipinski definition) is 1. The van der Waals surface area contributed by atoms with E-state index >= 15 is 0 Å². The van der Waals surface area contributed by atoms with Crippen LogP contribution in [0.25, 0.3) is 10.9 Å². The van der Waals surface area contributed by atoms with Crippen molar-refractivity contribution in [3.63, 3.8) is 0 Å². The number of nitrogens with one attached hydrogen (secondary N) is 1. The maximum absolute atomic E-state index is 13.7. The average Bonchev–Trinajstić information content (AvgIpc) is 3.34. The van der Waals surface area contributed by atoms with Crippen molar-refractivity contribution in [1.29, 1.82) is 0 Å². The third-order valence-electron chi connectivity index (χ3n) is 6.87. The van der Waals surface area contributed by atoms with Crippen LogP contribution in [0.4, 0.5) is 5.69 Å². The van der Waals surface area contributed by atoms with Gasteiger partial charge in [0.05, 0.1) is 39.0 Å². The SMILES string of the molecule is COc1cc(OC)c(C2C3=C(CN(C(C)=O)C3=O)Nc3cccc4c3c2cn4C(C)C)cc1OC. The van der Waals surface area contributed by atoms with Crippen molar-refractivity contribution in [2.45, 2.75) is 32.7 Å². The Morgan fingerprint density at radius 3 is 2.34 bits per heavy atom. The summed E-state index contributed by atoms with van der Waals surface area (Å²) in [6.45, 7) is 5.87. The van der Waals surface area contributed by atoms with Crippen molar-refractivity contribution in [1.82, 2.24) is 9.47 Å². The molecule has 1 unspecified atom stereocenters. The lowest BCUT2D eigenvalue weighted by molar-refractivity contribution is -0.139. The van der Waals surface area contributed by atoms with Gasteiger partial charge in [-0.15, -0.1) is 0 Å². The van der Waals surface area contributed by atoms with Crippen LogP contribution in [0, 0.1) is 0 Å². The minimum absolute atomic E-state index is 0.195. The van der Waals surface area contributed by atoms with E-state index in [4.69, 9.17) is 14.2 Å². The number of carbonyl (C=O) groups is 2. The fraction of sp³-hybridized carbons (Fsp3) is 0.333. The molecule has 8 heteroatoms.